The second kappa shape index (κ2) is 7.69. The van der Waals surface area contributed by atoms with Crippen molar-refractivity contribution in [1.29, 1.82) is 0 Å². The number of aromatic nitrogens is 2. The first-order valence-electron chi connectivity index (χ1n) is 8.24. The van der Waals surface area contributed by atoms with Crippen LogP contribution in [0.25, 0.3) is 5.69 Å². The maximum atomic E-state index is 12.3. The van der Waals surface area contributed by atoms with Crippen LogP contribution in [0.4, 0.5) is 11.5 Å². The number of benzene rings is 2. The molecule has 2 aromatic carbocycles. The van der Waals surface area contributed by atoms with Gasteiger partial charge in [-0.2, -0.15) is 5.10 Å². The Hall–Kier alpha value is -3.68. The summed E-state index contributed by atoms with van der Waals surface area (Å²) in [7, 11) is 0. The van der Waals surface area contributed by atoms with E-state index in [1.54, 1.807) is 16.8 Å². The Kier molecular flexibility index (Phi) is 5.16. The maximum Gasteiger partial charge on any atom is 0.310 e. The molecule has 3 aromatic rings. The van der Waals surface area contributed by atoms with Crippen LogP contribution in [0.2, 0.25) is 0 Å². The zero-order chi connectivity index (χ0) is 19.4. The van der Waals surface area contributed by atoms with Gasteiger partial charge in [0.05, 0.1) is 16.3 Å². The van der Waals surface area contributed by atoms with Crippen LogP contribution in [0, 0.1) is 24.0 Å². The number of nitro benzene ring substituents is 1. The van der Waals surface area contributed by atoms with E-state index in [0.717, 1.165) is 16.9 Å². The highest BCUT2D eigenvalue weighted by molar-refractivity contribution is 5.91. The van der Waals surface area contributed by atoms with Gasteiger partial charge in [0.25, 0.3) is 5.91 Å². The number of amides is 1. The van der Waals surface area contributed by atoms with Crippen molar-refractivity contribution in [3.63, 3.8) is 0 Å². The first-order chi connectivity index (χ1) is 12.9. The molecule has 0 unspecified atom stereocenters. The molecule has 3 rings (SSSR count). The third-order valence-corrected chi connectivity index (χ3v) is 3.80. The third kappa shape index (κ3) is 4.30. The van der Waals surface area contributed by atoms with E-state index in [-0.39, 0.29) is 18.0 Å². The average molecular weight is 366 g/mol. The first kappa shape index (κ1) is 18.1. The van der Waals surface area contributed by atoms with E-state index >= 15 is 0 Å². The summed E-state index contributed by atoms with van der Waals surface area (Å²) in [6, 6.07) is 15.4. The number of hydrogen-bond donors (Lipinski definition) is 1. The Morgan fingerprint density at radius 3 is 2.59 bits per heavy atom. The topological polar surface area (TPSA) is 99.3 Å². The molecule has 1 aromatic heterocycles. The van der Waals surface area contributed by atoms with Crippen LogP contribution in [-0.2, 0) is 4.79 Å². The summed E-state index contributed by atoms with van der Waals surface area (Å²) in [5, 5.41) is 18.1. The van der Waals surface area contributed by atoms with Crippen molar-refractivity contribution >= 4 is 17.4 Å². The molecule has 0 radical (unpaired) electrons. The average Bonchev–Trinajstić information content (AvgIpc) is 3.01. The van der Waals surface area contributed by atoms with Crippen molar-refractivity contribution in [2.75, 3.05) is 11.9 Å². The lowest BCUT2D eigenvalue weighted by Gasteiger charge is -2.10. The molecule has 8 heteroatoms. The fraction of sp³-hybridized carbons (Fsp3) is 0.158. The van der Waals surface area contributed by atoms with Gasteiger partial charge in [-0.3, -0.25) is 14.9 Å². The molecule has 0 aliphatic heterocycles. The standard InChI is InChI=1S/C19H18N4O4/c1-13-7-9-15(10-8-13)22-18(11-14(2)21-22)20-19(24)12-27-17-6-4-3-5-16(17)23(25)26/h3-11H,12H2,1-2H3,(H,20,24). The van der Waals surface area contributed by atoms with Crippen molar-refractivity contribution < 1.29 is 14.5 Å². The van der Waals surface area contributed by atoms with Crippen LogP contribution in [0.15, 0.2) is 54.6 Å². The highest BCUT2D eigenvalue weighted by atomic mass is 16.6. The summed E-state index contributed by atoms with van der Waals surface area (Å²) in [5.74, 6) is 0.0924. The van der Waals surface area contributed by atoms with Crippen molar-refractivity contribution in [1.82, 2.24) is 9.78 Å². The Bertz CT molecular complexity index is 980. The molecular weight excluding hydrogens is 348 g/mol. The summed E-state index contributed by atoms with van der Waals surface area (Å²) in [6.07, 6.45) is 0. The molecule has 1 heterocycles. The van der Waals surface area contributed by atoms with Crippen LogP contribution in [0.3, 0.4) is 0 Å². The largest absolute Gasteiger partial charge is 0.477 e. The zero-order valence-electron chi connectivity index (χ0n) is 14.9. The second-order valence-corrected chi connectivity index (χ2v) is 5.98. The summed E-state index contributed by atoms with van der Waals surface area (Å²) < 4.78 is 6.94. The minimum atomic E-state index is -0.553. The summed E-state index contributed by atoms with van der Waals surface area (Å²) in [5.41, 5.74) is 2.48. The molecule has 1 N–H and O–H groups in total. The minimum Gasteiger partial charge on any atom is -0.477 e. The molecule has 0 saturated carbocycles. The van der Waals surface area contributed by atoms with Crippen LogP contribution in [0.5, 0.6) is 5.75 Å². The molecule has 0 bridgehead atoms. The summed E-state index contributed by atoms with van der Waals surface area (Å²) >= 11 is 0. The molecule has 0 atom stereocenters. The summed E-state index contributed by atoms with van der Waals surface area (Å²) in [4.78, 5) is 22.7. The van der Waals surface area contributed by atoms with E-state index < -0.39 is 10.8 Å². The lowest BCUT2D eigenvalue weighted by Crippen LogP contribution is -2.22. The van der Waals surface area contributed by atoms with Crippen molar-refractivity contribution in [3.05, 3.63) is 76.0 Å². The lowest BCUT2D eigenvalue weighted by molar-refractivity contribution is -0.385. The number of anilines is 1. The zero-order valence-corrected chi connectivity index (χ0v) is 14.9. The Balaban J connectivity index is 1.72. The van der Waals surface area contributed by atoms with E-state index in [0.29, 0.717) is 5.82 Å². The monoisotopic (exact) mass is 366 g/mol. The highest BCUT2D eigenvalue weighted by Gasteiger charge is 2.16. The molecule has 0 aliphatic carbocycles. The van der Waals surface area contributed by atoms with E-state index in [4.69, 9.17) is 4.74 Å². The van der Waals surface area contributed by atoms with Crippen molar-refractivity contribution in [2.45, 2.75) is 13.8 Å². The maximum absolute atomic E-state index is 12.3. The van der Waals surface area contributed by atoms with Gasteiger partial charge in [0.15, 0.2) is 12.4 Å². The summed E-state index contributed by atoms with van der Waals surface area (Å²) in [6.45, 7) is 3.45. The lowest BCUT2D eigenvalue weighted by atomic mass is 10.2. The number of carbonyl (C=O) groups is 1. The number of nitro groups is 1. The van der Waals surface area contributed by atoms with Gasteiger partial charge in [0, 0.05) is 12.1 Å². The molecule has 0 aliphatic rings. The van der Waals surface area contributed by atoms with E-state index in [1.165, 1.54) is 18.2 Å². The third-order valence-electron chi connectivity index (χ3n) is 3.80. The first-order valence-corrected chi connectivity index (χ1v) is 8.24. The molecule has 0 saturated heterocycles. The predicted octanol–water partition coefficient (Wildman–Crippen LogP) is 3.41. The van der Waals surface area contributed by atoms with Gasteiger partial charge >= 0.3 is 5.69 Å². The molecular formula is C19H18N4O4. The van der Waals surface area contributed by atoms with E-state index in [1.807, 2.05) is 38.1 Å². The van der Waals surface area contributed by atoms with Gasteiger partial charge < -0.3 is 10.1 Å². The van der Waals surface area contributed by atoms with Crippen LogP contribution in [0.1, 0.15) is 11.3 Å². The molecule has 27 heavy (non-hydrogen) atoms. The van der Waals surface area contributed by atoms with Gasteiger partial charge in [0.1, 0.15) is 5.82 Å². The minimum absolute atomic E-state index is 0.0425. The van der Waals surface area contributed by atoms with Gasteiger partial charge in [0.2, 0.25) is 0 Å². The number of ether oxygens (including phenoxy) is 1. The smallest absolute Gasteiger partial charge is 0.310 e. The number of carbonyl (C=O) groups excluding carboxylic acids is 1. The Labute approximate surface area is 155 Å². The van der Waals surface area contributed by atoms with Crippen molar-refractivity contribution in [3.8, 4) is 11.4 Å². The normalized spacial score (nSPS) is 10.4. The SMILES string of the molecule is Cc1ccc(-n2nc(C)cc2NC(=O)COc2ccccc2[N+](=O)[O-])cc1. The molecule has 0 spiro atoms. The van der Waals surface area contributed by atoms with Gasteiger partial charge in [-0.15, -0.1) is 0 Å². The van der Waals surface area contributed by atoms with Gasteiger partial charge in [-0.1, -0.05) is 29.8 Å². The predicted molar refractivity (Wildman–Crippen MR) is 100 cm³/mol. The molecule has 0 fully saturated rings. The fourth-order valence-electron chi connectivity index (χ4n) is 2.52. The molecule has 138 valence electrons. The number of nitrogens with zero attached hydrogens (tertiary/aromatic N) is 3. The fourth-order valence-corrected chi connectivity index (χ4v) is 2.52. The van der Waals surface area contributed by atoms with Crippen LogP contribution >= 0.6 is 0 Å². The quantitative estimate of drug-likeness (QED) is 0.532. The Morgan fingerprint density at radius 2 is 1.89 bits per heavy atom. The second-order valence-electron chi connectivity index (χ2n) is 5.98. The number of para-hydroxylation sites is 2. The Morgan fingerprint density at radius 1 is 1.19 bits per heavy atom. The molecule has 8 nitrogen and oxygen atoms in total. The van der Waals surface area contributed by atoms with E-state index in [2.05, 4.69) is 10.4 Å². The molecule has 1 amide bonds. The van der Waals surface area contributed by atoms with Gasteiger partial charge in [-0.05, 0) is 32.0 Å². The van der Waals surface area contributed by atoms with Crippen molar-refractivity contribution in [2.24, 2.45) is 0 Å². The van der Waals surface area contributed by atoms with E-state index in [9.17, 15) is 14.9 Å². The van der Waals surface area contributed by atoms with Crippen LogP contribution in [-0.4, -0.2) is 27.2 Å². The highest BCUT2D eigenvalue weighted by Crippen LogP contribution is 2.25. The number of nitrogens with one attached hydrogen (secondary N) is 1. The van der Waals surface area contributed by atoms with Gasteiger partial charge in [-0.25, -0.2) is 4.68 Å². The van der Waals surface area contributed by atoms with Crippen LogP contribution < -0.4 is 10.1 Å². The number of aryl methyl sites for hydroxylation is 2. The number of rotatable bonds is 6. The number of hydrogen-bond acceptors (Lipinski definition) is 5.